The Morgan fingerprint density at radius 2 is 2.07 bits per heavy atom. The lowest BCUT2D eigenvalue weighted by Gasteiger charge is -2.25. The molecule has 0 aromatic carbocycles. The largest absolute Gasteiger partial charge is 0.462 e. The Bertz CT molecular complexity index is 690. The van der Waals surface area contributed by atoms with Gasteiger partial charge in [-0.15, -0.1) is 12.4 Å². The minimum absolute atomic E-state index is 0. The average Bonchev–Trinajstić information content (AvgIpc) is 2.86. The molecular formula is C18H25ClF2N4O3. The van der Waals surface area contributed by atoms with Crippen molar-refractivity contribution in [2.45, 2.75) is 31.7 Å². The lowest BCUT2D eigenvalue weighted by Crippen LogP contribution is -2.45. The average molecular weight is 419 g/mol. The summed E-state index contributed by atoms with van der Waals surface area (Å²) in [5, 5.41) is 2.62. The summed E-state index contributed by atoms with van der Waals surface area (Å²) in [5.41, 5.74) is 0.389. The van der Waals surface area contributed by atoms with Crippen LogP contribution in [0.5, 0.6) is 0 Å². The molecule has 1 amide bonds. The van der Waals surface area contributed by atoms with Gasteiger partial charge in [-0.3, -0.25) is 10.1 Å². The van der Waals surface area contributed by atoms with Crippen molar-refractivity contribution >= 4 is 30.1 Å². The molecule has 1 N–H and O–H groups in total. The van der Waals surface area contributed by atoms with Gasteiger partial charge in [-0.05, 0) is 25.5 Å². The number of nitrogens with zero attached hydrogens (tertiary/aromatic N) is 3. The monoisotopic (exact) mass is 418 g/mol. The van der Waals surface area contributed by atoms with Crippen LogP contribution < -0.4 is 10.2 Å². The Morgan fingerprint density at radius 1 is 1.29 bits per heavy atom. The predicted octanol–water partition coefficient (Wildman–Crippen LogP) is 1.72. The summed E-state index contributed by atoms with van der Waals surface area (Å²) in [5.74, 6) is -2.78. The van der Waals surface area contributed by atoms with Crippen molar-refractivity contribution in [1.82, 2.24) is 15.2 Å². The van der Waals surface area contributed by atoms with Gasteiger partial charge in [-0.1, -0.05) is 0 Å². The molecule has 0 radical (unpaired) electrons. The summed E-state index contributed by atoms with van der Waals surface area (Å²) in [4.78, 5) is 32.2. The zero-order valence-electron chi connectivity index (χ0n) is 15.7. The van der Waals surface area contributed by atoms with Crippen molar-refractivity contribution in [2.24, 2.45) is 0 Å². The van der Waals surface area contributed by atoms with E-state index in [0.29, 0.717) is 44.2 Å². The molecule has 2 fully saturated rings. The first kappa shape index (κ1) is 22.3. The van der Waals surface area contributed by atoms with E-state index in [1.807, 2.05) is 4.90 Å². The van der Waals surface area contributed by atoms with Gasteiger partial charge in [-0.2, -0.15) is 0 Å². The van der Waals surface area contributed by atoms with Gasteiger partial charge in [0.2, 0.25) is 5.91 Å². The zero-order chi connectivity index (χ0) is 19.4. The SMILES string of the molecule is CCOC(=O)c1ccc(N2CCCN(C(=O)C3CC(F)(F)CN3)CC2)nc1.Cl. The Hall–Kier alpha value is -2.00. The number of carbonyl (C=O) groups excluding carboxylic acids is 2. The zero-order valence-corrected chi connectivity index (χ0v) is 16.5. The highest BCUT2D eigenvalue weighted by molar-refractivity contribution is 5.89. The van der Waals surface area contributed by atoms with Crippen molar-refractivity contribution in [3.8, 4) is 0 Å². The van der Waals surface area contributed by atoms with Crippen LogP contribution in [-0.4, -0.2) is 73.1 Å². The molecule has 3 heterocycles. The topological polar surface area (TPSA) is 74.8 Å². The Balaban J connectivity index is 0.00000280. The molecule has 0 aliphatic carbocycles. The van der Waals surface area contributed by atoms with Crippen LogP contribution in [0.2, 0.25) is 0 Å². The quantitative estimate of drug-likeness (QED) is 0.750. The summed E-state index contributed by atoms with van der Waals surface area (Å²) in [7, 11) is 0. The highest BCUT2D eigenvalue weighted by atomic mass is 35.5. The van der Waals surface area contributed by atoms with Gasteiger partial charge in [0.15, 0.2) is 0 Å². The van der Waals surface area contributed by atoms with Crippen LogP contribution in [0, 0.1) is 0 Å². The van der Waals surface area contributed by atoms with Crippen LogP contribution >= 0.6 is 12.4 Å². The number of esters is 1. The fourth-order valence-corrected chi connectivity index (χ4v) is 3.39. The summed E-state index contributed by atoms with van der Waals surface area (Å²) >= 11 is 0. The Kier molecular flexibility index (Phi) is 7.54. The number of anilines is 1. The van der Waals surface area contributed by atoms with Crippen LogP contribution in [0.25, 0.3) is 0 Å². The molecule has 1 unspecified atom stereocenters. The van der Waals surface area contributed by atoms with Gasteiger partial charge in [0, 0.05) is 38.8 Å². The van der Waals surface area contributed by atoms with Crippen LogP contribution in [0.3, 0.4) is 0 Å². The number of amides is 1. The van der Waals surface area contributed by atoms with Crippen LogP contribution in [0.4, 0.5) is 14.6 Å². The number of alkyl halides is 2. The lowest BCUT2D eigenvalue weighted by atomic mass is 10.1. The molecule has 1 aromatic heterocycles. The van der Waals surface area contributed by atoms with Crippen LogP contribution in [-0.2, 0) is 9.53 Å². The van der Waals surface area contributed by atoms with E-state index >= 15 is 0 Å². The van der Waals surface area contributed by atoms with E-state index in [4.69, 9.17) is 4.74 Å². The number of rotatable bonds is 4. The number of halogens is 3. The number of pyridine rings is 1. The van der Waals surface area contributed by atoms with E-state index in [1.54, 1.807) is 24.0 Å². The van der Waals surface area contributed by atoms with Gasteiger partial charge in [0.1, 0.15) is 5.82 Å². The molecule has 1 atom stereocenters. The molecule has 3 rings (SSSR count). The van der Waals surface area contributed by atoms with Gasteiger partial charge in [-0.25, -0.2) is 18.6 Å². The van der Waals surface area contributed by atoms with Crippen LogP contribution in [0.1, 0.15) is 30.1 Å². The van der Waals surface area contributed by atoms with Gasteiger partial charge < -0.3 is 14.5 Å². The fourth-order valence-electron chi connectivity index (χ4n) is 3.39. The Labute approximate surface area is 168 Å². The molecule has 2 saturated heterocycles. The van der Waals surface area contributed by atoms with Gasteiger partial charge in [0.05, 0.1) is 24.8 Å². The smallest absolute Gasteiger partial charge is 0.339 e. The van der Waals surface area contributed by atoms with Gasteiger partial charge >= 0.3 is 5.97 Å². The second kappa shape index (κ2) is 9.47. The molecule has 0 bridgehead atoms. The Morgan fingerprint density at radius 3 is 2.68 bits per heavy atom. The molecule has 0 spiro atoms. The summed E-state index contributed by atoms with van der Waals surface area (Å²) in [6.45, 7) is 3.83. The first-order valence-electron chi connectivity index (χ1n) is 9.18. The summed E-state index contributed by atoms with van der Waals surface area (Å²) in [6, 6.07) is 2.61. The molecule has 7 nitrogen and oxygen atoms in total. The van der Waals surface area contributed by atoms with E-state index in [0.717, 1.165) is 6.42 Å². The number of aromatic nitrogens is 1. The lowest BCUT2D eigenvalue weighted by molar-refractivity contribution is -0.133. The normalized spacial score (nSPS) is 21.6. The maximum Gasteiger partial charge on any atom is 0.339 e. The summed E-state index contributed by atoms with van der Waals surface area (Å²) < 4.78 is 31.6. The van der Waals surface area contributed by atoms with Crippen LogP contribution in [0.15, 0.2) is 18.3 Å². The second-order valence-corrected chi connectivity index (χ2v) is 6.78. The third-order valence-electron chi connectivity index (χ3n) is 4.80. The third kappa shape index (κ3) is 5.29. The summed E-state index contributed by atoms with van der Waals surface area (Å²) in [6.07, 6.45) is 1.75. The first-order valence-corrected chi connectivity index (χ1v) is 9.18. The standard InChI is InChI=1S/C18H24F2N4O3.ClH/c1-2-27-17(26)13-4-5-15(21-11-13)23-6-3-7-24(9-8-23)16(25)14-10-18(19,20)12-22-14;/h4-5,11,14,22H,2-3,6-10,12H2,1H3;1H. The van der Waals surface area contributed by atoms with E-state index in [1.165, 1.54) is 6.20 Å². The maximum absolute atomic E-state index is 13.3. The van der Waals surface area contributed by atoms with Crippen molar-refractivity contribution in [1.29, 1.82) is 0 Å². The van der Waals surface area contributed by atoms with E-state index in [9.17, 15) is 18.4 Å². The second-order valence-electron chi connectivity index (χ2n) is 6.78. The van der Waals surface area contributed by atoms with Crippen molar-refractivity contribution < 1.29 is 23.1 Å². The predicted molar refractivity (Wildman–Crippen MR) is 102 cm³/mol. The molecule has 2 aliphatic heterocycles. The first-order chi connectivity index (χ1) is 12.9. The minimum Gasteiger partial charge on any atom is -0.462 e. The molecule has 156 valence electrons. The molecule has 28 heavy (non-hydrogen) atoms. The molecule has 10 heteroatoms. The number of ether oxygens (including phenoxy) is 1. The van der Waals surface area contributed by atoms with E-state index < -0.39 is 30.9 Å². The highest BCUT2D eigenvalue weighted by Crippen LogP contribution is 2.26. The van der Waals surface area contributed by atoms with Gasteiger partial charge in [0.25, 0.3) is 5.92 Å². The highest BCUT2D eigenvalue weighted by Gasteiger charge is 2.43. The number of hydrogen-bond acceptors (Lipinski definition) is 6. The molecule has 0 saturated carbocycles. The number of nitrogens with one attached hydrogen (secondary N) is 1. The van der Waals surface area contributed by atoms with Crippen molar-refractivity contribution in [3.63, 3.8) is 0 Å². The van der Waals surface area contributed by atoms with E-state index in [-0.39, 0.29) is 18.3 Å². The maximum atomic E-state index is 13.3. The third-order valence-corrected chi connectivity index (χ3v) is 4.80. The fraction of sp³-hybridized carbons (Fsp3) is 0.611. The molecule has 1 aromatic rings. The minimum atomic E-state index is -2.82. The number of hydrogen-bond donors (Lipinski definition) is 1. The van der Waals surface area contributed by atoms with E-state index in [2.05, 4.69) is 10.3 Å². The molecular weight excluding hydrogens is 394 g/mol. The number of carbonyl (C=O) groups is 2. The van der Waals surface area contributed by atoms with Crippen molar-refractivity contribution in [3.05, 3.63) is 23.9 Å². The van der Waals surface area contributed by atoms with Crippen molar-refractivity contribution in [2.75, 3.05) is 44.2 Å². The molecule has 2 aliphatic rings.